The molecule has 1 aromatic carbocycles. The number of benzene rings is 1. The van der Waals surface area contributed by atoms with Gasteiger partial charge >= 0.3 is 6.03 Å². The molecule has 2 amide bonds. The number of halogens is 1. The van der Waals surface area contributed by atoms with Gasteiger partial charge in [-0.2, -0.15) is 0 Å². The Labute approximate surface area is 117 Å². The second kappa shape index (κ2) is 6.92. The van der Waals surface area contributed by atoms with E-state index >= 15 is 0 Å². The van der Waals surface area contributed by atoms with E-state index in [2.05, 4.69) is 22.5 Å². The predicted octanol–water partition coefficient (Wildman–Crippen LogP) is 2.23. The molecule has 0 atom stereocenters. The zero-order chi connectivity index (χ0) is 14.4. The van der Waals surface area contributed by atoms with Crippen molar-refractivity contribution in [2.75, 3.05) is 11.9 Å². The van der Waals surface area contributed by atoms with Crippen LogP contribution in [0, 0.1) is 17.7 Å². The van der Waals surface area contributed by atoms with E-state index in [0.29, 0.717) is 17.7 Å². The molecule has 1 fully saturated rings. The molecule has 1 aromatic rings. The Morgan fingerprint density at radius 3 is 2.90 bits per heavy atom. The first kappa shape index (κ1) is 14.4. The number of hydrogen-bond acceptors (Lipinski definition) is 2. The Kier molecular flexibility index (Phi) is 4.97. The zero-order valence-electron chi connectivity index (χ0n) is 11.1. The molecule has 0 spiro atoms. The van der Waals surface area contributed by atoms with Crippen LogP contribution in [0.3, 0.4) is 0 Å². The summed E-state index contributed by atoms with van der Waals surface area (Å²) >= 11 is 0. The summed E-state index contributed by atoms with van der Waals surface area (Å²) in [7, 11) is 0. The molecule has 0 unspecified atom stereocenters. The minimum absolute atomic E-state index is 0.0484. The lowest BCUT2D eigenvalue weighted by Crippen LogP contribution is -2.41. The van der Waals surface area contributed by atoms with Crippen molar-refractivity contribution in [3.05, 3.63) is 29.6 Å². The summed E-state index contributed by atoms with van der Waals surface area (Å²) in [5.41, 5.74) is 0.871. The molecular formula is C15H17FN2O2. The van der Waals surface area contributed by atoms with Gasteiger partial charge < -0.3 is 15.7 Å². The number of nitrogens with one attached hydrogen (secondary N) is 2. The number of carbonyl (C=O) groups excluding carboxylic acids is 1. The number of hydrogen-bond donors (Lipinski definition) is 3. The summed E-state index contributed by atoms with van der Waals surface area (Å²) in [6.07, 6.45) is 3.45. The van der Waals surface area contributed by atoms with E-state index in [-0.39, 0.29) is 18.7 Å². The number of rotatable bonds is 3. The quantitative estimate of drug-likeness (QED) is 0.741. The first-order valence-corrected chi connectivity index (χ1v) is 6.66. The normalized spacial score (nSPS) is 13.9. The molecule has 1 aliphatic rings. The van der Waals surface area contributed by atoms with E-state index in [1.807, 2.05) is 0 Å². The van der Waals surface area contributed by atoms with Crippen LogP contribution in [-0.4, -0.2) is 23.8 Å². The summed E-state index contributed by atoms with van der Waals surface area (Å²) in [6, 6.07) is 3.96. The van der Waals surface area contributed by atoms with Crippen LogP contribution < -0.4 is 10.6 Å². The molecule has 4 nitrogen and oxygen atoms in total. The van der Waals surface area contributed by atoms with Crippen molar-refractivity contribution in [2.24, 2.45) is 0 Å². The minimum Gasteiger partial charge on any atom is -0.395 e. The van der Waals surface area contributed by atoms with E-state index < -0.39 is 5.82 Å². The topological polar surface area (TPSA) is 61.4 Å². The fourth-order valence-electron chi connectivity index (χ4n) is 1.84. The monoisotopic (exact) mass is 276 g/mol. The lowest BCUT2D eigenvalue weighted by Gasteiger charge is -2.26. The van der Waals surface area contributed by atoms with Crippen molar-refractivity contribution in [1.29, 1.82) is 0 Å². The van der Waals surface area contributed by atoms with Gasteiger partial charge in [0.25, 0.3) is 0 Å². The maximum atomic E-state index is 13.2. The van der Waals surface area contributed by atoms with Gasteiger partial charge in [-0.3, -0.25) is 0 Å². The Bertz CT molecular complexity index is 545. The number of carbonyl (C=O) groups is 1. The number of aliphatic hydroxyl groups excluding tert-OH is 1. The third kappa shape index (κ3) is 3.97. The van der Waals surface area contributed by atoms with Crippen LogP contribution in [0.4, 0.5) is 14.9 Å². The SMILES string of the molecule is O=C(Nc1ccc(F)cc1C#CCCO)NC1CCC1. The van der Waals surface area contributed by atoms with Gasteiger partial charge in [-0.1, -0.05) is 11.8 Å². The molecule has 0 aliphatic heterocycles. The second-order valence-corrected chi connectivity index (χ2v) is 4.69. The van der Waals surface area contributed by atoms with Crippen LogP contribution in [-0.2, 0) is 0 Å². The lowest BCUT2D eigenvalue weighted by molar-refractivity contribution is 0.240. The molecule has 3 N–H and O–H groups in total. The van der Waals surface area contributed by atoms with Crippen molar-refractivity contribution < 1.29 is 14.3 Å². The van der Waals surface area contributed by atoms with Gasteiger partial charge in [-0.05, 0) is 37.5 Å². The molecule has 5 heteroatoms. The molecule has 20 heavy (non-hydrogen) atoms. The van der Waals surface area contributed by atoms with Gasteiger partial charge in [0.05, 0.1) is 17.9 Å². The van der Waals surface area contributed by atoms with E-state index in [4.69, 9.17) is 5.11 Å². The molecule has 106 valence electrons. The van der Waals surface area contributed by atoms with E-state index in [0.717, 1.165) is 19.3 Å². The lowest BCUT2D eigenvalue weighted by atomic mass is 9.93. The average Bonchev–Trinajstić information content (AvgIpc) is 2.37. The van der Waals surface area contributed by atoms with Crippen LogP contribution in [0.1, 0.15) is 31.2 Å². The van der Waals surface area contributed by atoms with E-state index in [9.17, 15) is 9.18 Å². The first-order chi connectivity index (χ1) is 9.69. The largest absolute Gasteiger partial charge is 0.395 e. The Morgan fingerprint density at radius 1 is 1.45 bits per heavy atom. The van der Waals surface area contributed by atoms with E-state index in [1.165, 1.54) is 18.2 Å². The van der Waals surface area contributed by atoms with Gasteiger partial charge in [-0.25, -0.2) is 9.18 Å². The molecule has 0 saturated heterocycles. The number of amides is 2. The summed E-state index contributed by atoms with van der Waals surface area (Å²) in [4.78, 5) is 11.8. The van der Waals surface area contributed by atoms with E-state index in [1.54, 1.807) is 0 Å². The molecule has 0 aromatic heterocycles. The second-order valence-electron chi connectivity index (χ2n) is 4.69. The van der Waals surface area contributed by atoms with Crippen molar-refractivity contribution in [3.8, 4) is 11.8 Å². The maximum absolute atomic E-state index is 13.2. The maximum Gasteiger partial charge on any atom is 0.319 e. The van der Waals surface area contributed by atoms with Gasteiger partial charge in [0.2, 0.25) is 0 Å². The first-order valence-electron chi connectivity index (χ1n) is 6.66. The minimum atomic E-state index is -0.414. The van der Waals surface area contributed by atoms with Crippen molar-refractivity contribution in [3.63, 3.8) is 0 Å². The highest BCUT2D eigenvalue weighted by atomic mass is 19.1. The smallest absolute Gasteiger partial charge is 0.319 e. The third-order valence-corrected chi connectivity index (χ3v) is 3.13. The predicted molar refractivity (Wildman–Crippen MR) is 74.8 cm³/mol. The molecule has 0 radical (unpaired) electrons. The standard InChI is InChI=1S/C15H17FN2O2/c16-12-7-8-14(11(10-12)4-1-2-9-19)18-15(20)17-13-5-3-6-13/h7-8,10,13,19H,2-3,5-6,9H2,(H2,17,18,20). The van der Waals surface area contributed by atoms with Crippen molar-refractivity contribution in [1.82, 2.24) is 5.32 Å². The Balaban J connectivity index is 2.05. The molecular weight excluding hydrogens is 259 g/mol. The molecule has 1 aliphatic carbocycles. The molecule has 0 bridgehead atoms. The average molecular weight is 276 g/mol. The highest BCUT2D eigenvalue weighted by molar-refractivity contribution is 5.91. The Hall–Kier alpha value is -2.06. The zero-order valence-corrected chi connectivity index (χ0v) is 11.1. The van der Waals surface area contributed by atoms with Gasteiger partial charge in [-0.15, -0.1) is 0 Å². The highest BCUT2D eigenvalue weighted by Gasteiger charge is 2.19. The Morgan fingerprint density at radius 2 is 2.25 bits per heavy atom. The summed E-state index contributed by atoms with van der Waals surface area (Å²) in [5.74, 6) is 5.05. The van der Waals surface area contributed by atoms with Gasteiger partial charge in [0, 0.05) is 12.5 Å². The summed E-state index contributed by atoms with van der Waals surface area (Å²) in [5, 5.41) is 14.2. The fraction of sp³-hybridized carbons (Fsp3) is 0.400. The third-order valence-electron chi connectivity index (χ3n) is 3.13. The number of anilines is 1. The molecule has 1 saturated carbocycles. The number of urea groups is 1. The summed E-state index contributed by atoms with van der Waals surface area (Å²) in [6.45, 7) is -0.0484. The van der Waals surface area contributed by atoms with Crippen LogP contribution in [0.25, 0.3) is 0 Å². The van der Waals surface area contributed by atoms with Crippen molar-refractivity contribution >= 4 is 11.7 Å². The van der Waals surface area contributed by atoms with Crippen LogP contribution in [0.15, 0.2) is 18.2 Å². The number of aliphatic hydroxyl groups is 1. The molecule has 0 heterocycles. The van der Waals surface area contributed by atoms with Crippen LogP contribution in [0.2, 0.25) is 0 Å². The molecule has 2 rings (SSSR count). The van der Waals surface area contributed by atoms with Crippen LogP contribution in [0.5, 0.6) is 0 Å². The highest BCUT2D eigenvalue weighted by Crippen LogP contribution is 2.19. The fourth-order valence-corrected chi connectivity index (χ4v) is 1.84. The van der Waals surface area contributed by atoms with Crippen molar-refractivity contribution in [2.45, 2.75) is 31.7 Å². The van der Waals surface area contributed by atoms with Gasteiger partial charge in [0.1, 0.15) is 5.82 Å². The van der Waals surface area contributed by atoms with Gasteiger partial charge in [0.15, 0.2) is 0 Å². The van der Waals surface area contributed by atoms with Crippen LogP contribution >= 0.6 is 0 Å². The summed E-state index contributed by atoms with van der Waals surface area (Å²) < 4.78 is 13.2.